The molecule has 0 radical (unpaired) electrons. The number of fused-ring (bicyclic) bond motifs is 1. The SMILES string of the molecule is CCc1ccccc1OCC(=O)N1CCC(c2nc3ccccc3o2)CC1. The largest absolute Gasteiger partial charge is 0.483 e. The number of carbonyl (C=O) groups is 1. The lowest BCUT2D eigenvalue weighted by atomic mass is 9.97. The number of carbonyl (C=O) groups excluding carboxylic acids is 1. The van der Waals surface area contributed by atoms with E-state index in [1.807, 2.05) is 53.4 Å². The van der Waals surface area contributed by atoms with Crippen LogP contribution < -0.4 is 4.74 Å². The summed E-state index contributed by atoms with van der Waals surface area (Å²) in [5.41, 5.74) is 2.85. The first-order valence-electron chi connectivity index (χ1n) is 9.58. The van der Waals surface area contributed by atoms with Gasteiger partial charge in [-0.2, -0.15) is 0 Å². The van der Waals surface area contributed by atoms with Crippen LogP contribution >= 0.6 is 0 Å². The van der Waals surface area contributed by atoms with Gasteiger partial charge in [0.15, 0.2) is 18.1 Å². The van der Waals surface area contributed by atoms with Gasteiger partial charge in [0.25, 0.3) is 5.91 Å². The Labute approximate surface area is 158 Å². The molecule has 2 aromatic carbocycles. The lowest BCUT2D eigenvalue weighted by Gasteiger charge is -2.30. The van der Waals surface area contributed by atoms with Crippen LogP contribution in [-0.4, -0.2) is 35.5 Å². The van der Waals surface area contributed by atoms with Gasteiger partial charge in [-0.25, -0.2) is 4.98 Å². The molecule has 1 fully saturated rings. The first-order valence-corrected chi connectivity index (χ1v) is 9.58. The summed E-state index contributed by atoms with van der Waals surface area (Å²) >= 11 is 0. The maximum absolute atomic E-state index is 12.5. The van der Waals surface area contributed by atoms with Gasteiger partial charge in [-0.3, -0.25) is 4.79 Å². The first kappa shape index (κ1) is 17.6. The van der Waals surface area contributed by atoms with Crippen molar-refractivity contribution < 1.29 is 13.9 Å². The Morgan fingerprint density at radius 3 is 2.67 bits per heavy atom. The highest BCUT2D eigenvalue weighted by atomic mass is 16.5. The van der Waals surface area contributed by atoms with E-state index in [2.05, 4.69) is 11.9 Å². The number of oxazole rings is 1. The molecule has 1 amide bonds. The first-order chi connectivity index (χ1) is 13.2. The summed E-state index contributed by atoms with van der Waals surface area (Å²) in [4.78, 5) is 19.0. The molecule has 0 bridgehead atoms. The molecule has 27 heavy (non-hydrogen) atoms. The van der Waals surface area contributed by atoms with Crippen molar-refractivity contribution in [3.63, 3.8) is 0 Å². The van der Waals surface area contributed by atoms with E-state index in [1.54, 1.807) is 0 Å². The van der Waals surface area contributed by atoms with Crippen LogP contribution in [-0.2, 0) is 11.2 Å². The lowest BCUT2D eigenvalue weighted by molar-refractivity contribution is -0.134. The molecule has 5 nitrogen and oxygen atoms in total. The van der Waals surface area contributed by atoms with E-state index in [1.165, 1.54) is 0 Å². The zero-order chi connectivity index (χ0) is 18.6. The number of benzene rings is 2. The number of amides is 1. The molecule has 0 atom stereocenters. The summed E-state index contributed by atoms with van der Waals surface area (Å²) in [7, 11) is 0. The summed E-state index contributed by atoms with van der Waals surface area (Å²) in [6.45, 7) is 3.59. The fraction of sp³-hybridized carbons (Fsp3) is 0.364. The molecule has 0 unspecified atom stereocenters. The van der Waals surface area contributed by atoms with Gasteiger partial charge in [0.1, 0.15) is 11.3 Å². The third-order valence-electron chi connectivity index (χ3n) is 5.21. The maximum atomic E-state index is 12.5. The number of aromatic nitrogens is 1. The number of nitrogens with zero attached hydrogens (tertiary/aromatic N) is 2. The van der Waals surface area contributed by atoms with Crippen LogP contribution in [0.5, 0.6) is 5.75 Å². The zero-order valence-electron chi connectivity index (χ0n) is 15.6. The van der Waals surface area contributed by atoms with Crippen molar-refractivity contribution >= 4 is 17.0 Å². The van der Waals surface area contributed by atoms with Gasteiger partial charge < -0.3 is 14.1 Å². The third-order valence-corrected chi connectivity index (χ3v) is 5.21. The van der Waals surface area contributed by atoms with Gasteiger partial charge in [-0.1, -0.05) is 37.3 Å². The average molecular weight is 364 g/mol. The van der Waals surface area contributed by atoms with Crippen LogP contribution in [0.4, 0.5) is 0 Å². The molecule has 0 saturated carbocycles. The highest BCUT2D eigenvalue weighted by Gasteiger charge is 2.27. The van der Waals surface area contributed by atoms with Gasteiger partial charge in [0, 0.05) is 19.0 Å². The molecule has 0 aliphatic carbocycles. The minimum Gasteiger partial charge on any atom is -0.483 e. The van der Waals surface area contributed by atoms with E-state index < -0.39 is 0 Å². The van der Waals surface area contributed by atoms with Crippen molar-refractivity contribution in [2.75, 3.05) is 19.7 Å². The van der Waals surface area contributed by atoms with Gasteiger partial charge in [0.2, 0.25) is 0 Å². The second kappa shape index (κ2) is 7.82. The Morgan fingerprint density at radius 1 is 1.15 bits per heavy atom. The lowest BCUT2D eigenvalue weighted by Crippen LogP contribution is -2.40. The van der Waals surface area contributed by atoms with Crippen LogP contribution in [0.2, 0.25) is 0 Å². The highest BCUT2D eigenvalue weighted by molar-refractivity contribution is 5.78. The van der Waals surface area contributed by atoms with E-state index in [-0.39, 0.29) is 18.4 Å². The quantitative estimate of drug-likeness (QED) is 0.682. The van der Waals surface area contributed by atoms with Crippen molar-refractivity contribution in [3.05, 3.63) is 60.0 Å². The van der Waals surface area contributed by atoms with Gasteiger partial charge in [0.05, 0.1) is 0 Å². The number of ether oxygens (including phenoxy) is 1. The molecule has 3 aromatic rings. The predicted octanol–water partition coefficient (Wildman–Crippen LogP) is 4.18. The minimum atomic E-state index is 0.0388. The molecule has 140 valence electrons. The predicted molar refractivity (Wildman–Crippen MR) is 104 cm³/mol. The Balaban J connectivity index is 1.32. The Morgan fingerprint density at radius 2 is 1.89 bits per heavy atom. The molecule has 4 rings (SSSR count). The van der Waals surface area contributed by atoms with Crippen LogP contribution in [0.15, 0.2) is 52.9 Å². The number of para-hydroxylation sites is 3. The smallest absolute Gasteiger partial charge is 0.260 e. The van der Waals surface area contributed by atoms with E-state index in [9.17, 15) is 4.79 Å². The molecule has 2 heterocycles. The number of piperidine rings is 1. The fourth-order valence-electron chi connectivity index (χ4n) is 3.61. The summed E-state index contributed by atoms with van der Waals surface area (Å²) in [6, 6.07) is 15.7. The highest BCUT2D eigenvalue weighted by Crippen LogP contribution is 2.30. The average Bonchev–Trinajstić information content (AvgIpc) is 3.16. The fourth-order valence-corrected chi connectivity index (χ4v) is 3.61. The molecule has 1 aliphatic rings. The molecule has 1 saturated heterocycles. The normalized spacial score (nSPS) is 15.2. The van der Waals surface area contributed by atoms with E-state index >= 15 is 0 Å². The molecule has 1 aliphatic heterocycles. The van der Waals surface area contributed by atoms with E-state index in [0.29, 0.717) is 13.1 Å². The number of hydrogen-bond acceptors (Lipinski definition) is 4. The Hall–Kier alpha value is -2.82. The van der Waals surface area contributed by atoms with Crippen molar-refractivity contribution in [2.45, 2.75) is 32.1 Å². The number of likely N-dealkylation sites (tertiary alicyclic amines) is 1. The summed E-state index contributed by atoms with van der Waals surface area (Å²) < 4.78 is 11.7. The third kappa shape index (κ3) is 3.82. The van der Waals surface area contributed by atoms with E-state index in [0.717, 1.165) is 47.6 Å². The van der Waals surface area contributed by atoms with Gasteiger partial charge in [-0.15, -0.1) is 0 Å². The summed E-state index contributed by atoms with van der Waals surface area (Å²) in [6.07, 6.45) is 2.62. The second-order valence-electron chi connectivity index (χ2n) is 6.92. The summed E-state index contributed by atoms with van der Waals surface area (Å²) in [5, 5.41) is 0. The van der Waals surface area contributed by atoms with Gasteiger partial charge >= 0.3 is 0 Å². The van der Waals surface area contributed by atoms with Crippen molar-refractivity contribution in [2.24, 2.45) is 0 Å². The minimum absolute atomic E-state index is 0.0388. The number of aryl methyl sites for hydroxylation is 1. The number of hydrogen-bond donors (Lipinski definition) is 0. The monoisotopic (exact) mass is 364 g/mol. The molecular weight excluding hydrogens is 340 g/mol. The van der Waals surface area contributed by atoms with Crippen LogP contribution in [0.3, 0.4) is 0 Å². The molecular formula is C22H24N2O3. The van der Waals surface area contributed by atoms with Crippen molar-refractivity contribution in [3.8, 4) is 5.75 Å². The Kier molecular flexibility index (Phi) is 5.10. The maximum Gasteiger partial charge on any atom is 0.260 e. The summed E-state index contributed by atoms with van der Waals surface area (Å²) in [5.74, 6) is 1.89. The molecule has 0 spiro atoms. The standard InChI is InChI=1S/C22H24N2O3/c1-2-16-7-3-5-9-19(16)26-15-21(25)24-13-11-17(12-14-24)22-23-18-8-4-6-10-20(18)27-22/h3-10,17H,2,11-15H2,1H3. The molecule has 5 heteroatoms. The van der Waals surface area contributed by atoms with E-state index in [4.69, 9.17) is 9.15 Å². The topological polar surface area (TPSA) is 55.6 Å². The molecule has 1 aromatic heterocycles. The molecule has 0 N–H and O–H groups in total. The van der Waals surface area contributed by atoms with Crippen LogP contribution in [0.25, 0.3) is 11.1 Å². The number of rotatable bonds is 5. The van der Waals surface area contributed by atoms with Crippen molar-refractivity contribution in [1.82, 2.24) is 9.88 Å². The van der Waals surface area contributed by atoms with Crippen LogP contribution in [0, 0.1) is 0 Å². The second-order valence-corrected chi connectivity index (χ2v) is 6.92. The van der Waals surface area contributed by atoms with Crippen molar-refractivity contribution in [1.29, 1.82) is 0 Å². The Bertz CT molecular complexity index is 893. The zero-order valence-corrected chi connectivity index (χ0v) is 15.6. The van der Waals surface area contributed by atoms with Gasteiger partial charge in [-0.05, 0) is 43.0 Å². The van der Waals surface area contributed by atoms with Crippen LogP contribution in [0.1, 0.15) is 37.1 Å².